The Hall–Kier alpha value is -2.90. The van der Waals surface area contributed by atoms with Gasteiger partial charge in [-0.3, -0.25) is 9.50 Å². The molecule has 4 aromatic rings. The molecule has 3 heterocycles. The third kappa shape index (κ3) is 3.59. The molecular weight excluding hydrogens is 386 g/mol. The number of nitrogens with two attached hydrogens (primary N) is 1. The molecule has 0 radical (unpaired) electrons. The minimum atomic E-state index is 0.312. The number of imidazole rings is 1. The Bertz CT molecular complexity index is 1110. The van der Waals surface area contributed by atoms with E-state index in [2.05, 4.69) is 19.9 Å². The predicted molar refractivity (Wildman–Crippen MR) is 115 cm³/mol. The molecule has 1 aliphatic carbocycles. The molecule has 1 aliphatic rings. The summed E-state index contributed by atoms with van der Waals surface area (Å²) in [6, 6.07) is 8.38. The average molecular weight is 408 g/mol. The van der Waals surface area contributed by atoms with Crippen LogP contribution < -0.4 is 11.1 Å². The molecule has 3 aromatic heterocycles. The van der Waals surface area contributed by atoms with Gasteiger partial charge in [-0.15, -0.1) is 0 Å². The van der Waals surface area contributed by atoms with Crippen LogP contribution in [0.1, 0.15) is 25.7 Å². The number of H-pyrrole nitrogens is 1. The summed E-state index contributed by atoms with van der Waals surface area (Å²) in [4.78, 5) is 9.61. The van der Waals surface area contributed by atoms with Gasteiger partial charge in [-0.1, -0.05) is 23.7 Å². The number of fused-ring (bicyclic) bond motifs is 1. The number of benzene rings is 1. The maximum Gasteiger partial charge on any atom is 0.181 e. The van der Waals surface area contributed by atoms with Crippen molar-refractivity contribution < 1.29 is 0 Å². The number of hydrogen-bond acceptors (Lipinski definition) is 5. The zero-order valence-corrected chi connectivity index (χ0v) is 16.6. The van der Waals surface area contributed by atoms with Gasteiger partial charge in [0, 0.05) is 40.6 Å². The molecule has 0 unspecified atom stereocenters. The smallest absolute Gasteiger partial charge is 0.181 e. The number of rotatable bonds is 4. The number of nitrogens with one attached hydrogen (secondary N) is 2. The normalized spacial score (nSPS) is 19.5. The molecule has 0 spiro atoms. The van der Waals surface area contributed by atoms with Crippen LogP contribution in [0.15, 0.2) is 49.1 Å². The zero-order chi connectivity index (χ0) is 19.8. The van der Waals surface area contributed by atoms with E-state index in [9.17, 15) is 0 Å². The third-order valence-electron chi connectivity index (χ3n) is 5.54. The lowest BCUT2D eigenvalue weighted by atomic mass is 9.92. The number of halogens is 1. The summed E-state index contributed by atoms with van der Waals surface area (Å²) in [7, 11) is 0. The number of aromatic amines is 1. The van der Waals surface area contributed by atoms with E-state index in [1.54, 1.807) is 6.20 Å². The Kier molecular flexibility index (Phi) is 4.69. The molecular formula is C21H22ClN7. The van der Waals surface area contributed by atoms with Crippen molar-refractivity contribution in [2.24, 2.45) is 5.73 Å². The summed E-state index contributed by atoms with van der Waals surface area (Å²) >= 11 is 6.05. The first-order chi connectivity index (χ1) is 14.2. The van der Waals surface area contributed by atoms with Crippen LogP contribution in [0.5, 0.6) is 0 Å². The van der Waals surface area contributed by atoms with Gasteiger partial charge >= 0.3 is 0 Å². The second kappa shape index (κ2) is 7.50. The Morgan fingerprint density at radius 2 is 1.86 bits per heavy atom. The highest BCUT2D eigenvalue weighted by Gasteiger charge is 2.21. The van der Waals surface area contributed by atoms with Crippen LogP contribution >= 0.6 is 11.6 Å². The van der Waals surface area contributed by atoms with Gasteiger partial charge in [0.25, 0.3) is 0 Å². The zero-order valence-electron chi connectivity index (χ0n) is 15.8. The highest BCUT2D eigenvalue weighted by atomic mass is 35.5. The van der Waals surface area contributed by atoms with Gasteiger partial charge in [-0.25, -0.2) is 9.97 Å². The number of anilines is 1. The van der Waals surface area contributed by atoms with Crippen molar-refractivity contribution in [2.75, 3.05) is 5.32 Å². The summed E-state index contributed by atoms with van der Waals surface area (Å²) in [5, 5.41) is 11.2. The molecule has 1 saturated carbocycles. The lowest BCUT2D eigenvalue weighted by Crippen LogP contribution is -2.33. The van der Waals surface area contributed by atoms with E-state index in [0.717, 1.165) is 59.7 Å². The second-order valence-electron chi connectivity index (χ2n) is 7.56. The fourth-order valence-corrected chi connectivity index (χ4v) is 4.03. The number of nitrogens with zero attached hydrogens (tertiary/aromatic N) is 4. The van der Waals surface area contributed by atoms with Gasteiger partial charge in [-0.05, 0) is 37.8 Å². The SMILES string of the molecule is NC1CCC(Nc2ncc(-c3cn[nH]c3)n3cc(-c4ccc(Cl)cc4)nc23)CC1. The third-order valence-corrected chi connectivity index (χ3v) is 5.79. The first kappa shape index (κ1) is 18.1. The van der Waals surface area contributed by atoms with Crippen molar-refractivity contribution in [3.8, 4) is 22.5 Å². The molecule has 0 saturated heterocycles. The highest BCUT2D eigenvalue weighted by molar-refractivity contribution is 6.30. The summed E-state index contributed by atoms with van der Waals surface area (Å²) in [5.41, 5.74) is 10.6. The van der Waals surface area contributed by atoms with Gasteiger partial charge in [0.1, 0.15) is 0 Å². The number of hydrogen-bond donors (Lipinski definition) is 3. The fourth-order valence-electron chi connectivity index (χ4n) is 3.90. The fraction of sp³-hybridized carbons (Fsp3) is 0.286. The Labute approximate surface area is 173 Å². The van der Waals surface area contributed by atoms with E-state index in [0.29, 0.717) is 17.1 Å². The van der Waals surface area contributed by atoms with Crippen LogP contribution in [0.25, 0.3) is 28.2 Å². The summed E-state index contributed by atoms with van der Waals surface area (Å²) in [6.45, 7) is 0. The van der Waals surface area contributed by atoms with Crippen LogP contribution in [0.4, 0.5) is 5.82 Å². The number of aromatic nitrogens is 5. The van der Waals surface area contributed by atoms with Crippen molar-refractivity contribution in [3.05, 3.63) is 54.1 Å². The molecule has 0 bridgehead atoms. The van der Waals surface area contributed by atoms with Crippen LogP contribution in [-0.4, -0.2) is 36.6 Å². The van der Waals surface area contributed by atoms with Crippen molar-refractivity contribution in [1.29, 1.82) is 0 Å². The topological polar surface area (TPSA) is 96.9 Å². The standard InChI is InChI=1S/C21H22ClN7/c22-15-3-1-13(2-4-15)18-12-29-19(14-9-25-26-10-14)11-24-20(21(29)28-18)27-17-7-5-16(23)6-8-17/h1-4,9-12,16-17H,5-8,23H2,(H,24,27)(H,25,26). The van der Waals surface area contributed by atoms with E-state index >= 15 is 0 Å². The van der Waals surface area contributed by atoms with Crippen LogP contribution in [0.2, 0.25) is 5.02 Å². The lowest BCUT2D eigenvalue weighted by molar-refractivity contribution is 0.410. The molecule has 1 aromatic carbocycles. The van der Waals surface area contributed by atoms with Crippen LogP contribution in [-0.2, 0) is 0 Å². The Morgan fingerprint density at radius 1 is 1.07 bits per heavy atom. The second-order valence-corrected chi connectivity index (χ2v) is 8.00. The monoisotopic (exact) mass is 407 g/mol. The summed E-state index contributed by atoms with van der Waals surface area (Å²) < 4.78 is 2.07. The van der Waals surface area contributed by atoms with Crippen molar-refractivity contribution in [1.82, 2.24) is 24.6 Å². The van der Waals surface area contributed by atoms with Gasteiger partial charge in [0.2, 0.25) is 0 Å². The maximum atomic E-state index is 6.06. The molecule has 8 heteroatoms. The first-order valence-corrected chi connectivity index (χ1v) is 10.2. The molecule has 0 amide bonds. The van der Waals surface area contributed by atoms with E-state index in [1.807, 2.05) is 42.9 Å². The van der Waals surface area contributed by atoms with Crippen molar-refractivity contribution in [3.63, 3.8) is 0 Å². The summed E-state index contributed by atoms with van der Waals surface area (Å²) in [5.74, 6) is 0.790. The van der Waals surface area contributed by atoms with Gasteiger partial charge in [0.05, 0.1) is 23.8 Å². The maximum absolute atomic E-state index is 6.06. The van der Waals surface area contributed by atoms with E-state index in [4.69, 9.17) is 27.3 Å². The molecule has 5 rings (SSSR count). The minimum absolute atomic E-state index is 0.312. The molecule has 0 atom stereocenters. The van der Waals surface area contributed by atoms with Crippen molar-refractivity contribution >= 4 is 23.1 Å². The Morgan fingerprint density at radius 3 is 2.59 bits per heavy atom. The van der Waals surface area contributed by atoms with Gasteiger partial charge in [0.15, 0.2) is 11.5 Å². The van der Waals surface area contributed by atoms with Crippen molar-refractivity contribution in [2.45, 2.75) is 37.8 Å². The van der Waals surface area contributed by atoms with Gasteiger partial charge in [-0.2, -0.15) is 5.10 Å². The van der Waals surface area contributed by atoms with Crippen LogP contribution in [0, 0.1) is 0 Å². The summed E-state index contributed by atoms with van der Waals surface area (Å²) in [6.07, 6.45) is 11.7. The average Bonchev–Trinajstić information content (AvgIpc) is 3.41. The van der Waals surface area contributed by atoms with E-state index < -0.39 is 0 Å². The molecule has 148 valence electrons. The van der Waals surface area contributed by atoms with E-state index in [-0.39, 0.29) is 0 Å². The predicted octanol–water partition coefficient (Wildman–Crippen LogP) is 4.12. The first-order valence-electron chi connectivity index (χ1n) is 9.82. The molecule has 7 nitrogen and oxygen atoms in total. The molecule has 29 heavy (non-hydrogen) atoms. The lowest BCUT2D eigenvalue weighted by Gasteiger charge is -2.27. The largest absolute Gasteiger partial charge is 0.364 e. The Balaban J connectivity index is 1.58. The minimum Gasteiger partial charge on any atom is -0.364 e. The highest BCUT2D eigenvalue weighted by Crippen LogP contribution is 2.29. The molecule has 1 fully saturated rings. The van der Waals surface area contributed by atoms with Gasteiger partial charge < -0.3 is 11.1 Å². The quantitative estimate of drug-likeness (QED) is 0.472. The van der Waals surface area contributed by atoms with Crippen LogP contribution in [0.3, 0.4) is 0 Å². The molecule has 0 aliphatic heterocycles. The van der Waals surface area contributed by atoms with E-state index in [1.165, 1.54) is 0 Å². The molecule has 4 N–H and O–H groups in total.